The number of hydrogen-bond acceptors (Lipinski definition) is 5. The van der Waals surface area contributed by atoms with E-state index in [4.69, 9.17) is 15.3 Å². The number of nitrogens with zero attached hydrogens (tertiary/aromatic N) is 2. The third-order valence-corrected chi connectivity index (χ3v) is 4.60. The van der Waals surface area contributed by atoms with Gasteiger partial charge < -0.3 is 9.47 Å². The summed E-state index contributed by atoms with van der Waals surface area (Å²) in [4.78, 5) is 0. The average molecular weight is 347 g/mol. The zero-order valence-electron chi connectivity index (χ0n) is 12.2. The van der Waals surface area contributed by atoms with Crippen molar-refractivity contribution in [2.45, 2.75) is 44.4 Å². The van der Waals surface area contributed by atoms with Crippen LogP contribution in [0, 0.1) is 0 Å². The summed E-state index contributed by atoms with van der Waals surface area (Å²) in [5.41, 5.74) is 3.58. The van der Waals surface area contributed by atoms with E-state index in [9.17, 15) is 0 Å². The molecule has 0 bridgehead atoms. The van der Waals surface area contributed by atoms with E-state index in [0.717, 1.165) is 23.0 Å². The highest BCUT2D eigenvalue weighted by atomic mass is 79.9. The van der Waals surface area contributed by atoms with Gasteiger partial charge >= 0.3 is 0 Å². The van der Waals surface area contributed by atoms with Crippen LogP contribution in [-0.2, 0) is 9.47 Å². The fraction of sp³-hybridized carbons (Fsp3) is 0.769. The number of aromatic nitrogens is 2. The predicted molar refractivity (Wildman–Crippen MR) is 80.2 cm³/mol. The normalized spacial score (nSPS) is 20.3. The summed E-state index contributed by atoms with van der Waals surface area (Å²) in [5.74, 6) is 5.86. The second-order valence-electron chi connectivity index (χ2n) is 5.40. The summed E-state index contributed by atoms with van der Waals surface area (Å²) < 4.78 is 14.2. The van der Waals surface area contributed by atoms with Crippen molar-refractivity contribution in [3.05, 3.63) is 16.4 Å². The summed E-state index contributed by atoms with van der Waals surface area (Å²) in [7, 11) is 1.74. The van der Waals surface area contributed by atoms with Gasteiger partial charge in [-0.2, -0.15) is 5.10 Å². The number of nitrogens with two attached hydrogens (primary N) is 1. The summed E-state index contributed by atoms with van der Waals surface area (Å²) in [5, 5.41) is 4.43. The van der Waals surface area contributed by atoms with Crippen LogP contribution in [0.4, 0.5) is 0 Å². The van der Waals surface area contributed by atoms with E-state index in [1.807, 2.05) is 10.9 Å². The second kappa shape index (κ2) is 6.53. The van der Waals surface area contributed by atoms with E-state index >= 15 is 0 Å². The average Bonchev–Trinajstić information content (AvgIpc) is 2.83. The largest absolute Gasteiger partial charge is 0.381 e. The Balaban J connectivity index is 2.43. The first-order valence-corrected chi connectivity index (χ1v) is 7.67. The number of ether oxygens (including phenoxy) is 2. The Kier molecular flexibility index (Phi) is 5.19. The third kappa shape index (κ3) is 2.78. The van der Waals surface area contributed by atoms with Crippen LogP contribution in [0.15, 0.2) is 10.7 Å². The molecular formula is C13H23BrN4O2. The van der Waals surface area contributed by atoms with E-state index in [2.05, 4.69) is 40.3 Å². The van der Waals surface area contributed by atoms with Crippen molar-refractivity contribution >= 4 is 15.9 Å². The van der Waals surface area contributed by atoms with Crippen LogP contribution in [0.1, 0.15) is 44.5 Å². The maximum Gasteiger partial charge on any atom is 0.0944 e. The molecule has 0 radical (unpaired) electrons. The van der Waals surface area contributed by atoms with Gasteiger partial charge in [-0.25, -0.2) is 5.43 Å². The molecule has 7 heteroatoms. The van der Waals surface area contributed by atoms with Crippen LogP contribution in [0.5, 0.6) is 0 Å². The van der Waals surface area contributed by atoms with Crippen LogP contribution in [0.3, 0.4) is 0 Å². The van der Waals surface area contributed by atoms with Crippen molar-refractivity contribution in [1.29, 1.82) is 0 Å². The van der Waals surface area contributed by atoms with Gasteiger partial charge in [0.1, 0.15) is 0 Å². The monoisotopic (exact) mass is 346 g/mol. The molecule has 6 nitrogen and oxygen atoms in total. The number of hydrogen-bond donors (Lipinski definition) is 2. The molecule has 3 N–H and O–H groups in total. The molecule has 1 aliphatic heterocycles. The molecular weight excluding hydrogens is 324 g/mol. The fourth-order valence-corrected chi connectivity index (χ4v) is 3.34. The van der Waals surface area contributed by atoms with Crippen molar-refractivity contribution in [3.8, 4) is 0 Å². The van der Waals surface area contributed by atoms with Crippen LogP contribution in [0.25, 0.3) is 0 Å². The summed E-state index contributed by atoms with van der Waals surface area (Å²) in [6.45, 7) is 5.55. The lowest BCUT2D eigenvalue weighted by atomic mass is 9.84. The van der Waals surface area contributed by atoms with Crippen molar-refractivity contribution in [1.82, 2.24) is 15.2 Å². The Morgan fingerprint density at radius 1 is 1.50 bits per heavy atom. The minimum atomic E-state index is -0.373. The summed E-state index contributed by atoms with van der Waals surface area (Å²) in [6, 6.07) is 0.108. The number of nitrogens with one attached hydrogen (secondary N) is 1. The van der Waals surface area contributed by atoms with Gasteiger partial charge in [-0.3, -0.25) is 10.5 Å². The van der Waals surface area contributed by atoms with Gasteiger partial charge in [-0.05, 0) is 29.8 Å². The molecule has 1 aromatic rings. The Morgan fingerprint density at radius 2 is 2.15 bits per heavy atom. The molecule has 0 spiro atoms. The summed E-state index contributed by atoms with van der Waals surface area (Å²) in [6.07, 6.45) is 3.41. The third-order valence-electron chi connectivity index (χ3n) is 3.99. The number of rotatable bonds is 5. The van der Waals surface area contributed by atoms with Gasteiger partial charge in [0, 0.05) is 39.2 Å². The molecule has 0 aliphatic carbocycles. The minimum Gasteiger partial charge on any atom is -0.381 e. The van der Waals surface area contributed by atoms with Crippen molar-refractivity contribution < 1.29 is 9.47 Å². The standard InChI is InChI=1S/C13H23BrN4O2/c1-9(2)18-11(10(14)8-16-18)12(17-15)13(19-3)4-6-20-7-5-13/h8-9,12,17H,4-7,15H2,1-3H3. The maximum atomic E-state index is 5.86. The lowest BCUT2D eigenvalue weighted by Gasteiger charge is -2.42. The smallest absolute Gasteiger partial charge is 0.0944 e. The molecule has 0 amide bonds. The Hall–Kier alpha value is -0.470. The molecule has 1 atom stereocenters. The molecule has 1 saturated heterocycles. The summed E-state index contributed by atoms with van der Waals surface area (Å²) >= 11 is 3.58. The molecule has 2 rings (SSSR count). The van der Waals surface area contributed by atoms with Crippen molar-refractivity contribution in [3.63, 3.8) is 0 Å². The van der Waals surface area contributed by atoms with Crippen molar-refractivity contribution in [2.75, 3.05) is 20.3 Å². The molecule has 1 aliphatic rings. The number of halogens is 1. The highest BCUT2D eigenvalue weighted by Crippen LogP contribution is 2.40. The van der Waals surface area contributed by atoms with Gasteiger partial charge in [0.2, 0.25) is 0 Å². The van der Waals surface area contributed by atoms with Gasteiger partial charge in [-0.15, -0.1) is 0 Å². The van der Waals surface area contributed by atoms with Gasteiger partial charge in [-0.1, -0.05) is 0 Å². The van der Waals surface area contributed by atoms with Crippen LogP contribution >= 0.6 is 15.9 Å². The predicted octanol–water partition coefficient (Wildman–Crippen LogP) is 1.93. The minimum absolute atomic E-state index is 0.143. The molecule has 1 fully saturated rings. The van der Waals surface area contributed by atoms with E-state index in [0.29, 0.717) is 13.2 Å². The lowest BCUT2D eigenvalue weighted by molar-refractivity contribution is -0.113. The quantitative estimate of drug-likeness (QED) is 0.629. The molecule has 0 saturated carbocycles. The Morgan fingerprint density at radius 3 is 2.65 bits per heavy atom. The van der Waals surface area contributed by atoms with Gasteiger partial charge in [0.25, 0.3) is 0 Å². The fourth-order valence-electron chi connectivity index (χ4n) is 2.84. The molecule has 2 heterocycles. The molecule has 1 unspecified atom stereocenters. The number of hydrazine groups is 1. The first kappa shape index (κ1) is 15.9. The molecule has 1 aromatic heterocycles. The molecule has 0 aromatic carbocycles. The van der Waals surface area contributed by atoms with E-state index in [-0.39, 0.29) is 17.7 Å². The SMILES string of the molecule is COC1(C(NN)c2c(Br)cnn2C(C)C)CCOCC1. The first-order valence-electron chi connectivity index (χ1n) is 6.87. The van der Waals surface area contributed by atoms with Crippen molar-refractivity contribution in [2.24, 2.45) is 5.84 Å². The highest BCUT2D eigenvalue weighted by molar-refractivity contribution is 9.10. The van der Waals surface area contributed by atoms with E-state index in [1.165, 1.54) is 0 Å². The maximum absolute atomic E-state index is 5.86. The van der Waals surface area contributed by atoms with Gasteiger partial charge in [0.15, 0.2) is 0 Å². The molecule has 114 valence electrons. The first-order chi connectivity index (χ1) is 9.55. The van der Waals surface area contributed by atoms with E-state index in [1.54, 1.807) is 7.11 Å². The zero-order chi connectivity index (χ0) is 14.8. The van der Waals surface area contributed by atoms with Gasteiger partial charge in [0.05, 0.1) is 28.0 Å². The van der Waals surface area contributed by atoms with Crippen LogP contribution < -0.4 is 11.3 Å². The Labute approximate surface area is 128 Å². The highest BCUT2D eigenvalue weighted by Gasteiger charge is 2.43. The zero-order valence-corrected chi connectivity index (χ0v) is 13.8. The van der Waals surface area contributed by atoms with E-state index < -0.39 is 0 Å². The topological polar surface area (TPSA) is 74.3 Å². The second-order valence-corrected chi connectivity index (χ2v) is 6.25. The number of methoxy groups -OCH3 is 1. The lowest BCUT2D eigenvalue weighted by Crippen LogP contribution is -2.52. The van der Waals surface area contributed by atoms with Crippen LogP contribution in [-0.4, -0.2) is 35.7 Å². The van der Waals surface area contributed by atoms with Crippen LogP contribution in [0.2, 0.25) is 0 Å². The Bertz CT molecular complexity index is 444. The molecule has 20 heavy (non-hydrogen) atoms.